The molecule has 0 aliphatic carbocycles. The molecule has 2 nitrogen and oxygen atoms in total. The summed E-state index contributed by atoms with van der Waals surface area (Å²) in [7, 11) is 0. The molecule has 12 heavy (non-hydrogen) atoms. The molecule has 1 unspecified atom stereocenters. The lowest BCUT2D eigenvalue weighted by molar-refractivity contribution is -0.261. The van der Waals surface area contributed by atoms with E-state index in [1.54, 1.807) is 0 Å². The zero-order chi connectivity index (χ0) is 8.60. The Balaban J connectivity index is 2.06. The van der Waals surface area contributed by atoms with Crippen molar-refractivity contribution in [3.05, 3.63) is 0 Å². The Labute approximate surface area is 74.9 Å². The number of hydrogen-bond acceptors (Lipinski definition) is 2. The fourth-order valence-corrected chi connectivity index (χ4v) is 2.52. The zero-order valence-electron chi connectivity index (χ0n) is 8.18. The van der Waals surface area contributed by atoms with Crippen LogP contribution >= 0.6 is 0 Å². The van der Waals surface area contributed by atoms with E-state index in [2.05, 4.69) is 18.7 Å². The third-order valence-corrected chi connectivity index (χ3v) is 3.23. The van der Waals surface area contributed by atoms with Gasteiger partial charge in [0.15, 0.2) is 0 Å². The van der Waals surface area contributed by atoms with Gasteiger partial charge in [-0.25, -0.2) is 0 Å². The molecular formula is C10H19NO. The number of rotatable bonds is 1. The molecule has 70 valence electrons. The van der Waals surface area contributed by atoms with Gasteiger partial charge in [-0.1, -0.05) is 0 Å². The van der Waals surface area contributed by atoms with Crippen molar-refractivity contribution in [3.63, 3.8) is 0 Å². The van der Waals surface area contributed by atoms with Crippen LogP contribution in [0.2, 0.25) is 0 Å². The minimum Gasteiger partial charge on any atom is -0.360 e. The Bertz CT molecular complexity index is 163. The van der Waals surface area contributed by atoms with E-state index < -0.39 is 0 Å². The van der Waals surface area contributed by atoms with Crippen LogP contribution in [0.4, 0.5) is 0 Å². The number of piperidine rings is 1. The van der Waals surface area contributed by atoms with Crippen molar-refractivity contribution >= 4 is 0 Å². The van der Waals surface area contributed by atoms with Crippen LogP contribution < -0.4 is 0 Å². The molecule has 0 aromatic carbocycles. The van der Waals surface area contributed by atoms with Crippen LogP contribution in [-0.4, -0.2) is 29.8 Å². The zero-order valence-corrected chi connectivity index (χ0v) is 8.18. The molecule has 0 bridgehead atoms. The van der Waals surface area contributed by atoms with Crippen molar-refractivity contribution in [3.8, 4) is 0 Å². The molecule has 2 aliphatic rings. The topological polar surface area (TPSA) is 12.5 Å². The average Bonchev–Trinajstić information content (AvgIpc) is 2.01. The van der Waals surface area contributed by atoms with E-state index in [0.717, 1.165) is 6.61 Å². The predicted molar refractivity (Wildman–Crippen MR) is 49.0 cm³/mol. The van der Waals surface area contributed by atoms with Crippen molar-refractivity contribution < 1.29 is 4.74 Å². The summed E-state index contributed by atoms with van der Waals surface area (Å²) in [6, 6.07) is 0.644. The first-order valence-electron chi connectivity index (χ1n) is 5.15. The van der Waals surface area contributed by atoms with Gasteiger partial charge < -0.3 is 4.74 Å². The van der Waals surface area contributed by atoms with E-state index in [-0.39, 0.29) is 5.72 Å². The Morgan fingerprint density at radius 3 is 2.42 bits per heavy atom. The standard InChI is InChI=1S/C10H19NO/c1-9(2)11-7-4-3-5-10(11)6-8-12-10/h9H,3-8H2,1-2H3. The molecule has 2 fully saturated rings. The monoisotopic (exact) mass is 169 g/mol. The van der Waals surface area contributed by atoms with Gasteiger partial charge in [0.05, 0.1) is 6.61 Å². The summed E-state index contributed by atoms with van der Waals surface area (Å²) in [5.41, 5.74) is 0.173. The molecule has 1 atom stereocenters. The summed E-state index contributed by atoms with van der Waals surface area (Å²) in [4.78, 5) is 2.54. The highest BCUT2D eigenvalue weighted by molar-refractivity contribution is 4.92. The SMILES string of the molecule is CC(C)N1CCCCC12CCO2. The van der Waals surface area contributed by atoms with Crippen LogP contribution in [0.25, 0.3) is 0 Å². The normalized spacial score (nSPS) is 37.2. The largest absolute Gasteiger partial charge is 0.360 e. The number of ether oxygens (including phenoxy) is 1. The van der Waals surface area contributed by atoms with Gasteiger partial charge in [-0.05, 0) is 33.1 Å². The van der Waals surface area contributed by atoms with Crippen molar-refractivity contribution in [2.24, 2.45) is 0 Å². The van der Waals surface area contributed by atoms with Crippen LogP contribution in [0.5, 0.6) is 0 Å². The maximum atomic E-state index is 5.76. The molecule has 2 aliphatic heterocycles. The molecule has 1 spiro atoms. The molecular weight excluding hydrogens is 150 g/mol. The third-order valence-electron chi connectivity index (χ3n) is 3.23. The summed E-state index contributed by atoms with van der Waals surface area (Å²) in [5, 5.41) is 0. The molecule has 0 amide bonds. The second-order valence-corrected chi connectivity index (χ2v) is 4.29. The van der Waals surface area contributed by atoms with Crippen molar-refractivity contribution in [2.75, 3.05) is 13.2 Å². The van der Waals surface area contributed by atoms with Gasteiger partial charge in [0.2, 0.25) is 0 Å². The van der Waals surface area contributed by atoms with E-state index >= 15 is 0 Å². The molecule has 2 rings (SSSR count). The van der Waals surface area contributed by atoms with Crippen LogP contribution in [0.15, 0.2) is 0 Å². The molecule has 0 aromatic rings. The van der Waals surface area contributed by atoms with E-state index in [0.29, 0.717) is 6.04 Å². The molecule has 2 saturated heterocycles. The molecule has 0 aromatic heterocycles. The van der Waals surface area contributed by atoms with Crippen LogP contribution in [0.3, 0.4) is 0 Å². The summed E-state index contributed by atoms with van der Waals surface area (Å²) < 4.78 is 5.76. The van der Waals surface area contributed by atoms with Gasteiger partial charge in [-0.15, -0.1) is 0 Å². The third kappa shape index (κ3) is 1.17. The Morgan fingerprint density at radius 2 is 2.00 bits per heavy atom. The molecule has 0 N–H and O–H groups in total. The highest BCUT2D eigenvalue weighted by atomic mass is 16.5. The van der Waals surface area contributed by atoms with Crippen molar-refractivity contribution in [1.29, 1.82) is 0 Å². The first-order chi connectivity index (χ1) is 5.75. The fraction of sp³-hybridized carbons (Fsp3) is 1.00. The van der Waals surface area contributed by atoms with Crippen molar-refractivity contribution in [2.45, 2.75) is 51.3 Å². The maximum Gasteiger partial charge on any atom is 0.124 e. The number of likely N-dealkylation sites (tertiary alicyclic amines) is 1. The fourth-order valence-electron chi connectivity index (χ4n) is 2.52. The maximum absolute atomic E-state index is 5.76. The van der Waals surface area contributed by atoms with Crippen molar-refractivity contribution in [1.82, 2.24) is 4.90 Å². The van der Waals surface area contributed by atoms with E-state index in [9.17, 15) is 0 Å². The van der Waals surface area contributed by atoms with Gasteiger partial charge in [0.1, 0.15) is 5.72 Å². The Hall–Kier alpha value is -0.0800. The summed E-state index contributed by atoms with van der Waals surface area (Å²) in [6.07, 6.45) is 5.21. The Kier molecular flexibility index (Phi) is 2.13. The number of nitrogens with zero attached hydrogens (tertiary/aromatic N) is 1. The van der Waals surface area contributed by atoms with Gasteiger partial charge in [-0.3, -0.25) is 4.90 Å². The van der Waals surface area contributed by atoms with E-state index in [1.807, 2.05) is 0 Å². The summed E-state index contributed by atoms with van der Waals surface area (Å²) in [5.74, 6) is 0. The highest BCUT2D eigenvalue weighted by Gasteiger charge is 2.46. The lowest BCUT2D eigenvalue weighted by Crippen LogP contribution is -2.62. The summed E-state index contributed by atoms with van der Waals surface area (Å²) in [6.45, 7) is 6.75. The molecule has 0 saturated carbocycles. The van der Waals surface area contributed by atoms with Gasteiger partial charge in [0, 0.05) is 19.0 Å². The van der Waals surface area contributed by atoms with Crippen LogP contribution in [0.1, 0.15) is 39.5 Å². The van der Waals surface area contributed by atoms with Gasteiger partial charge in [-0.2, -0.15) is 0 Å². The second-order valence-electron chi connectivity index (χ2n) is 4.29. The van der Waals surface area contributed by atoms with E-state index in [1.165, 1.54) is 32.2 Å². The second kappa shape index (κ2) is 3.00. The van der Waals surface area contributed by atoms with Gasteiger partial charge in [0.25, 0.3) is 0 Å². The highest BCUT2D eigenvalue weighted by Crippen LogP contribution is 2.39. The summed E-state index contributed by atoms with van der Waals surface area (Å²) >= 11 is 0. The molecule has 2 heterocycles. The molecule has 0 radical (unpaired) electrons. The Morgan fingerprint density at radius 1 is 1.25 bits per heavy atom. The van der Waals surface area contributed by atoms with Gasteiger partial charge >= 0.3 is 0 Å². The first-order valence-corrected chi connectivity index (χ1v) is 5.15. The first kappa shape index (κ1) is 8.52. The van der Waals surface area contributed by atoms with Crippen LogP contribution in [-0.2, 0) is 4.74 Å². The van der Waals surface area contributed by atoms with Crippen LogP contribution in [0, 0.1) is 0 Å². The molecule has 2 heteroatoms. The quantitative estimate of drug-likeness (QED) is 0.595. The predicted octanol–water partition coefficient (Wildman–Crippen LogP) is 2.00. The smallest absolute Gasteiger partial charge is 0.124 e. The lowest BCUT2D eigenvalue weighted by Gasteiger charge is -2.54. The number of hydrogen-bond donors (Lipinski definition) is 0. The van der Waals surface area contributed by atoms with E-state index in [4.69, 9.17) is 4.74 Å². The lowest BCUT2D eigenvalue weighted by atomic mass is 9.90. The minimum atomic E-state index is 0.173. The minimum absolute atomic E-state index is 0.173. The average molecular weight is 169 g/mol.